The van der Waals surface area contributed by atoms with Crippen molar-refractivity contribution >= 4 is 5.97 Å². The lowest BCUT2D eigenvalue weighted by atomic mass is 10.3. The monoisotopic (exact) mass is 264 g/mol. The Kier molecular flexibility index (Phi) is 5.93. The third kappa shape index (κ3) is 5.95. The van der Waals surface area contributed by atoms with Crippen LogP contribution in [0.5, 0.6) is 11.5 Å². The first-order valence-corrected chi connectivity index (χ1v) is 6.31. The third-order valence-corrected chi connectivity index (χ3v) is 2.57. The van der Waals surface area contributed by atoms with E-state index in [1.807, 2.05) is 31.2 Å². The second-order valence-corrected chi connectivity index (χ2v) is 4.43. The maximum absolute atomic E-state index is 10.4. The molecule has 4 nitrogen and oxygen atoms in total. The van der Waals surface area contributed by atoms with Gasteiger partial charge >= 0.3 is 5.97 Å². The number of carboxylic acid groups (broad SMARTS) is 1. The molecule has 0 aliphatic heterocycles. The molecule has 0 bridgehead atoms. The molecule has 1 rings (SSSR count). The van der Waals surface area contributed by atoms with Crippen LogP contribution in [0.4, 0.5) is 0 Å². The van der Waals surface area contributed by atoms with Crippen molar-refractivity contribution in [3.05, 3.63) is 35.9 Å². The van der Waals surface area contributed by atoms with Gasteiger partial charge in [0.25, 0.3) is 0 Å². The van der Waals surface area contributed by atoms with E-state index in [1.165, 1.54) is 0 Å². The molecule has 0 saturated carbocycles. The van der Waals surface area contributed by atoms with Crippen LogP contribution in [0.3, 0.4) is 0 Å². The molecule has 4 heteroatoms. The summed E-state index contributed by atoms with van der Waals surface area (Å²) in [5.74, 6) is 0.535. The van der Waals surface area contributed by atoms with Gasteiger partial charge in [-0.15, -0.1) is 0 Å². The normalized spacial score (nSPS) is 12.9. The van der Waals surface area contributed by atoms with Crippen molar-refractivity contribution in [1.82, 2.24) is 0 Å². The molecule has 1 atom stereocenters. The van der Waals surface area contributed by atoms with E-state index in [0.717, 1.165) is 18.2 Å². The summed E-state index contributed by atoms with van der Waals surface area (Å²) in [4.78, 5) is 10.4. The third-order valence-electron chi connectivity index (χ3n) is 2.57. The zero-order chi connectivity index (χ0) is 14.3. The van der Waals surface area contributed by atoms with Crippen molar-refractivity contribution in [3.63, 3.8) is 0 Å². The smallest absolute Gasteiger partial charge is 0.328 e. The first-order valence-electron chi connectivity index (χ1n) is 6.31. The lowest BCUT2D eigenvalue weighted by molar-refractivity contribution is -0.131. The Morgan fingerprint density at radius 2 is 1.89 bits per heavy atom. The minimum Gasteiger partial charge on any atom is -0.491 e. The van der Waals surface area contributed by atoms with Crippen LogP contribution in [0.15, 0.2) is 35.9 Å². The van der Waals surface area contributed by atoms with Gasteiger partial charge in [0.05, 0.1) is 6.10 Å². The molecular weight excluding hydrogens is 244 g/mol. The number of carboxylic acids is 1. The zero-order valence-corrected chi connectivity index (χ0v) is 11.6. The second-order valence-electron chi connectivity index (χ2n) is 4.43. The van der Waals surface area contributed by atoms with E-state index in [1.54, 1.807) is 6.92 Å². The van der Waals surface area contributed by atoms with Crippen LogP contribution in [0.1, 0.15) is 27.2 Å². The van der Waals surface area contributed by atoms with Crippen molar-refractivity contribution in [3.8, 4) is 11.5 Å². The van der Waals surface area contributed by atoms with Gasteiger partial charge in [0.2, 0.25) is 0 Å². The van der Waals surface area contributed by atoms with Crippen molar-refractivity contribution in [2.45, 2.75) is 33.3 Å². The Morgan fingerprint density at radius 1 is 1.32 bits per heavy atom. The molecule has 0 aliphatic carbocycles. The molecule has 1 unspecified atom stereocenters. The summed E-state index contributed by atoms with van der Waals surface area (Å²) in [6.07, 6.45) is 2.28. The maximum atomic E-state index is 10.4. The van der Waals surface area contributed by atoms with Crippen LogP contribution in [0, 0.1) is 0 Å². The van der Waals surface area contributed by atoms with Gasteiger partial charge in [-0.05, 0) is 50.1 Å². The number of hydrogen-bond donors (Lipinski definition) is 1. The predicted molar refractivity (Wildman–Crippen MR) is 73.7 cm³/mol. The van der Waals surface area contributed by atoms with E-state index in [9.17, 15) is 4.79 Å². The Balaban J connectivity index is 2.51. The van der Waals surface area contributed by atoms with Crippen LogP contribution < -0.4 is 9.47 Å². The molecule has 104 valence electrons. The fourth-order valence-corrected chi connectivity index (χ4v) is 1.38. The van der Waals surface area contributed by atoms with E-state index in [0.29, 0.717) is 11.3 Å². The van der Waals surface area contributed by atoms with Gasteiger partial charge in [0.1, 0.15) is 18.1 Å². The molecule has 0 aliphatic rings. The lowest BCUT2D eigenvalue weighted by Gasteiger charge is -2.13. The number of rotatable bonds is 7. The van der Waals surface area contributed by atoms with Crippen LogP contribution in [0.25, 0.3) is 0 Å². The number of carbonyl (C=O) groups is 1. The molecule has 1 N–H and O–H groups in total. The molecule has 0 spiro atoms. The molecular formula is C15H20O4. The zero-order valence-electron chi connectivity index (χ0n) is 11.6. The summed E-state index contributed by atoms with van der Waals surface area (Å²) in [6, 6.07) is 7.31. The average molecular weight is 264 g/mol. The Labute approximate surface area is 113 Å². The van der Waals surface area contributed by atoms with E-state index >= 15 is 0 Å². The van der Waals surface area contributed by atoms with Crippen LogP contribution in [0.2, 0.25) is 0 Å². The molecule has 0 heterocycles. The summed E-state index contributed by atoms with van der Waals surface area (Å²) in [7, 11) is 0. The van der Waals surface area contributed by atoms with E-state index in [4.69, 9.17) is 14.6 Å². The summed E-state index contributed by atoms with van der Waals surface area (Å²) < 4.78 is 11.1. The van der Waals surface area contributed by atoms with E-state index in [-0.39, 0.29) is 12.7 Å². The average Bonchev–Trinajstić information content (AvgIpc) is 2.37. The molecule has 0 fully saturated rings. The van der Waals surface area contributed by atoms with Gasteiger partial charge in [-0.3, -0.25) is 0 Å². The van der Waals surface area contributed by atoms with Crippen molar-refractivity contribution < 1.29 is 19.4 Å². The van der Waals surface area contributed by atoms with Crippen molar-refractivity contribution in [2.24, 2.45) is 0 Å². The molecule has 1 aromatic rings. The lowest BCUT2D eigenvalue weighted by Crippen LogP contribution is -2.09. The fraction of sp³-hybridized carbons (Fsp3) is 0.400. The largest absolute Gasteiger partial charge is 0.491 e. The number of aliphatic carboxylic acids is 1. The van der Waals surface area contributed by atoms with Gasteiger partial charge in [0.15, 0.2) is 0 Å². The minimum absolute atomic E-state index is 0.188. The Morgan fingerprint density at radius 3 is 2.42 bits per heavy atom. The van der Waals surface area contributed by atoms with Crippen LogP contribution >= 0.6 is 0 Å². The minimum atomic E-state index is -0.960. The molecule has 1 aromatic carbocycles. The van der Waals surface area contributed by atoms with E-state index < -0.39 is 5.97 Å². The standard InChI is InChI=1S/C15H20O4/c1-4-12(3)19-14-7-5-13(6-8-14)18-10-11(2)9-15(16)17/h5-9,12H,4,10H2,1-3H3,(H,16,17). The Bertz CT molecular complexity index is 434. The van der Waals surface area contributed by atoms with Gasteiger partial charge in [-0.25, -0.2) is 4.79 Å². The van der Waals surface area contributed by atoms with E-state index in [2.05, 4.69) is 6.92 Å². The number of ether oxygens (including phenoxy) is 2. The predicted octanol–water partition coefficient (Wildman–Crippen LogP) is 3.27. The molecule has 0 amide bonds. The van der Waals surface area contributed by atoms with Crippen LogP contribution in [-0.2, 0) is 4.79 Å². The van der Waals surface area contributed by atoms with Crippen molar-refractivity contribution in [2.75, 3.05) is 6.61 Å². The number of hydrogen-bond acceptors (Lipinski definition) is 3. The van der Waals surface area contributed by atoms with Gasteiger partial charge < -0.3 is 14.6 Å². The Hall–Kier alpha value is -1.97. The summed E-state index contributed by atoms with van der Waals surface area (Å²) in [5, 5.41) is 8.58. The van der Waals surface area contributed by atoms with Gasteiger partial charge in [0, 0.05) is 6.08 Å². The first kappa shape index (κ1) is 15.1. The van der Waals surface area contributed by atoms with Crippen LogP contribution in [-0.4, -0.2) is 23.8 Å². The highest BCUT2D eigenvalue weighted by molar-refractivity contribution is 5.80. The molecule has 19 heavy (non-hydrogen) atoms. The summed E-state index contributed by atoms with van der Waals surface area (Å²) >= 11 is 0. The van der Waals surface area contributed by atoms with Gasteiger partial charge in [-0.2, -0.15) is 0 Å². The number of benzene rings is 1. The second kappa shape index (κ2) is 7.46. The fourth-order valence-electron chi connectivity index (χ4n) is 1.38. The van der Waals surface area contributed by atoms with Gasteiger partial charge in [-0.1, -0.05) is 6.92 Å². The first-order chi connectivity index (χ1) is 9.01. The summed E-state index contributed by atoms with van der Waals surface area (Å²) in [5.41, 5.74) is 0.660. The SMILES string of the molecule is CCC(C)Oc1ccc(OCC(C)=CC(=O)O)cc1. The maximum Gasteiger partial charge on any atom is 0.328 e. The highest BCUT2D eigenvalue weighted by Gasteiger charge is 2.02. The molecule has 0 aromatic heterocycles. The molecule has 0 saturated heterocycles. The van der Waals surface area contributed by atoms with Crippen molar-refractivity contribution in [1.29, 1.82) is 0 Å². The topological polar surface area (TPSA) is 55.8 Å². The highest BCUT2D eigenvalue weighted by Crippen LogP contribution is 2.19. The summed E-state index contributed by atoms with van der Waals surface area (Å²) in [6.45, 7) is 6.07. The quantitative estimate of drug-likeness (QED) is 0.768. The molecule has 0 radical (unpaired) electrons. The highest BCUT2D eigenvalue weighted by atomic mass is 16.5.